The summed E-state index contributed by atoms with van der Waals surface area (Å²) >= 11 is 11.3. The van der Waals surface area contributed by atoms with Crippen molar-refractivity contribution in [3.8, 4) is 17.1 Å². The summed E-state index contributed by atoms with van der Waals surface area (Å²) in [4.78, 5) is 0. The molecule has 0 aliphatic rings. The number of aromatic nitrogens is 3. The summed E-state index contributed by atoms with van der Waals surface area (Å²) in [6.07, 6.45) is 1.72. The number of rotatable bonds is 6. The maximum absolute atomic E-state index is 5.99. The quantitative estimate of drug-likeness (QED) is 0.320. The molecule has 4 rings (SSSR count). The molecule has 0 fully saturated rings. The maximum Gasteiger partial charge on any atom is 0.216 e. The van der Waals surface area contributed by atoms with Crippen molar-refractivity contribution in [1.82, 2.24) is 14.9 Å². The molecule has 7 heteroatoms. The lowest BCUT2D eigenvalue weighted by Crippen LogP contribution is -1.99. The van der Waals surface area contributed by atoms with E-state index in [1.165, 1.54) is 0 Å². The van der Waals surface area contributed by atoms with Gasteiger partial charge < -0.3 is 4.74 Å². The number of hydrogen-bond donors (Lipinski definition) is 1. The minimum absolute atomic E-state index is 0.416. The monoisotopic (exact) mass is 420 g/mol. The molecule has 0 aliphatic heterocycles. The number of H-pyrrole nitrogens is 1. The lowest BCUT2D eigenvalue weighted by atomic mass is 10.2. The Morgan fingerprint density at radius 3 is 2.52 bits per heavy atom. The van der Waals surface area contributed by atoms with E-state index in [1.54, 1.807) is 10.9 Å². The van der Waals surface area contributed by atoms with Crippen LogP contribution in [-0.4, -0.2) is 21.1 Å². The van der Waals surface area contributed by atoms with Gasteiger partial charge in [-0.2, -0.15) is 14.9 Å². The molecule has 29 heavy (non-hydrogen) atoms. The minimum Gasteiger partial charge on any atom is -0.488 e. The number of halogens is 1. The van der Waals surface area contributed by atoms with E-state index >= 15 is 0 Å². The van der Waals surface area contributed by atoms with Gasteiger partial charge in [-0.3, -0.25) is 0 Å². The zero-order valence-electron chi connectivity index (χ0n) is 15.3. The van der Waals surface area contributed by atoms with Crippen molar-refractivity contribution in [2.45, 2.75) is 6.61 Å². The Morgan fingerprint density at radius 2 is 1.72 bits per heavy atom. The van der Waals surface area contributed by atoms with Crippen LogP contribution in [0.3, 0.4) is 0 Å². The molecule has 0 saturated carbocycles. The molecule has 1 aromatic heterocycles. The van der Waals surface area contributed by atoms with E-state index in [4.69, 9.17) is 28.6 Å². The number of aromatic amines is 1. The van der Waals surface area contributed by atoms with Crippen LogP contribution in [0.4, 0.5) is 0 Å². The van der Waals surface area contributed by atoms with Crippen LogP contribution in [0.5, 0.6) is 5.75 Å². The van der Waals surface area contributed by atoms with Gasteiger partial charge in [0.1, 0.15) is 12.4 Å². The van der Waals surface area contributed by atoms with Crippen molar-refractivity contribution in [3.05, 3.63) is 99.8 Å². The molecule has 0 atom stereocenters. The first kappa shape index (κ1) is 19.1. The number of nitrogens with zero attached hydrogens (tertiary/aromatic N) is 3. The molecule has 3 aromatic carbocycles. The SMILES string of the molecule is S=c1[nH]nc(-c2ccccc2)n1N=Cc1ccccc1OCc1ccc(Cl)cc1. The summed E-state index contributed by atoms with van der Waals surface area (Å²) in [5.41, 5.74) is 2.79. The zero-order valence-corrected chi connectivity index (χ0v) is 16.9. The zero-order chi connectivity index (χ0) is 20.1. The lowest BCUT2D eigenvalue weighted by molar-refractivity contribution is 0.306. The van der Waals surface area contributed by atoms with Gasteiger partial charge in [-0.25, -0.2) is 5.10 Å². The fourth-order valence-electron chi connectivity index (χ4n) is 2.75. The Bertz CT molecular complexity index is 1180. The van der Waals surface area contributed by atoms with Gasteiger partial charge >= 0.3 is 0 Å². The summed E-state index contributed by atoms with van der Waals surface area (Å²) in [5, 5.41) is 12.3. The molecule has 0 bridgehead atoms. The highest BCUT2D eigenvalue weighted by Gasteiger charge is 2.08. The average molecular weight is 421 g/mol. The summed E-state index contributed by atoms with van der Waals surface area (Å²) in [5.74, 6) is 1.37. The predicted octanol–water partition coefficient (Wildman–Crippen LogP) is 5.72. The Kier molecular flexibility index (Phi) is 5.84. The Labute approximate surface area is 178 Å². The predicted molar refractivity (Wildman–Crippen MR) is 118 cm³/mol. The summed E-state index contributed by atoms with van der Waals surface area (Å²) in [6.45, 7) is 0.433. The second-order valence-electron chi connectivity index (χ2n) is 6.23. The van der Waals surface area contributed by atoms with Gasteiger partial charge in [-0.1, -0.05) is 66.2 Å². The Hall–Kier alpha value is -3.22. The van der Waals surface area contributed by atoms with Crippen LogP contribution in [0.1, 0.15) is 11.1 Å². The van der Waals surface area contributed by atoms with Crippen molar-refractivity contribution in [2.24, 2.45) is 5.10 Å². The first-order valence-corrected chi connectivity index (χ1v) is 9.73. The normalized spacial score (nSPS) is 11.1. The topological polar surface area (TPSA) is 55.2 Å². The average Bonchev–Trinajstić information content (AvgIpc) is 3.13. The van der Waals surface area contributed by atoms with E-state index in [9.17, 15) is 0 Å². The van der Waals surface area contributed by atoms with E-state index < -0.39 is 0 Å². The van der Waals surface area contributed by atoms with Crippen LogP contribution in [0.25, 0.3) is 11.4 Å². The lowest BCUT2D eigenvalue weighted by Gasteiger charge is -2.09. The smallest absolute Gasteiger partial charge is 0.216 e. The summed E-state index contributed by atoms with van der Waals surface area (Å²) in [7, 11) is 0. The van der Waals surface area contributed by atoms with Crippen LogP contribution in [-0.2, 0) is 6.61 Å². The standard InChI is InChI=1S/C22H17ClN4OS/c23-19-12-10-16(11-13-19)15-28-20-9-5-4-8-18(20)14-24-27-21(25-26-22(27)29)17-6-2-1-3-7-17/h1-14H,15H2,(H,26,29). The van der Waals surface area contributed by atoms with Crippen molar-refractivity contribution in [1.29, 1.82) is 0 Å². The fourth-order valence-corrected chi connectivity index (χ4v) is 3.06. The summed E-state index contributed by atoms with van der Waals surface area (Å²) in [6, 6.07) is 25.0. The first-order chi connectivity index (χ1) is 14.2. The molecule has 0 unspecified atom stereocenters. The Balaban J connectivity index is 1.58. The minimum atomic E-state index is 0.416. The highest BCUT2D eigenvalue weighted by atomic mass is 35.5. The van der Waals surface area contributed by atoms with Gasteiger partial charge in [0.25, 0.3) is 0 Å². The van der Waals surface area contributed by atoms with E-state index in [1.807, 2.05) is 78.9 Å². The first-order valence-electron chi connectivity index (χ1n) is 8.94. The highest BCUT2D eigenvalue weighted by Crippen LogP contribution is 2.20. The fraction of sp³-hybridized carbons (Fsp3) is 0.0455. The van der Waals surface area contributed by atoms with Crippen LogP contribution in [0.2, 0.25) is 5.02 Å². The third-order valence-electron chi connectivity index (χ3n) is 4.22. The van der Waals surface area contributed by atoms with Gasteiger partial charge in [0, 0.05) is 16.1 Å². The molecule has 144 valence electrons. The maximum atomic E-state index is 5.99. The van der Waals surface area contributed by atoms with Crippen LogP contribution >= 0.6 is 23.8 Å². The van der Waals surface area contributed by atoms with Gasteiger partial charge in [-0.15, -0.1) is 0 Å². The molecule has 0 saturated heterocycles. The number of nitrogens with one attached hydrogen (secondary N) is 1. The second kappa shape index (κ2) is 8.86. The second-order valence-corrected chi connectivity index (χ2v) is 7.05. The molecule has 1 N–H and O–H groups in total. The van der Waals surface area contributed by atoms with E-state index in [2.05, 4.69) is 15.3 Å². The highest BCUT2D eigenvalue weighted by molar-refractivity contribution is 7.71. The van der Waals surface area contributed by atoms with Crippen LogP contribution in [0, 0.1) is 4.77 Å². The Morgan fingerprint density at radius 1 is 1.00 bits per heavy atom. The molecule has 0 radical (unpaired) electrons. The molecular weight excluding hydrogens is 404 g/mol. The number of ether oxygens (including phenoxy) is 1. The van der Waals surface area contributed by atoms with Gasteiger partial charge in [-0.05, 0) is 42.0 Å². The van der Waals surface area contributed by atoms with E-state index in [0.717, 1.165) is 22.4 Å². The number of para-hydroxylation sites is 1. The van der Waals surface area contributed by atoms with Crippen molar-refractivity contribution in [3.63, 3.8) is 0 Å². The van der Waals surface area contributed by atoms with Crippen LogP contribution < -0.4 is 4.74 Å². The summed E-state index contributed by atoms with van der Waals surface area (Å²) < 4.78 is 8.00. The molecule has 4 aromatic rings. The largest absolute Gasteiger partial charge is 0.488 e. The number of benzene rings is 3. The third-order valence-corrected chi connectivity index (χ3v) is 4.74. The van der Waals surface area contributed by atoms with Crippen LogP contribution in [0.15, 0.2) is 84.0 Å². The van der Waals surface area contributed by atoms with E-state index in [-0.39, 0.29) is 0 Å². The van der Waals surface area contributed by atoms with Crippen molar-refractivity contribution >= 4 is 30.0 Å². The van der Waals surface area contributed by atoms with Gasteiger partial charge in [0.2, 0.25) is 4.77 Å². The van der Waals surface area contributed by atoms with Crippen molar-refractivity contribution in [2.75, 3.05) is 0 Å². The molecule has 0 aliphatic carbocycles. The molecule has 0 spiro atoms. The van der Waals surface area contributed by atoms with E-state index in [0.29, 0.717) is 22.2 Å². The van der Waals surface area contributed by atoms with Gasteiger partial charge in [0.05, 0.1) is 6.21 Å². The molecular formula is C22H17ClN4OS. The molecule has 0 amide bonds. The molecule has 1 heterocycles. The molecule has 5 nitrogen and oxygen atoms in total. The third kappa shape index (κ3) is 4.62. The number of hydrogen-bond acceptors (Lipinski definition) is 4. The van der Waals surface area contributed by atoms with Gasteiger partial charge in [0.15, 0.2) is 5.82 Å². The van der Waals surface area contributed by atoms with Crippen molar-refractivity contribution < 1.29 is 4.74 Å².